The Kier molecular flexibility index (Phi) is 13.7. The number of nitrogens with two attached hydrogens (primary N) is 1. The minimum Gasteiger partial charge on any atom is -0.480 e. The van der Waals surface area contributed by atoms with Gasteiger partial charge in [-0.1, -0.05) is 13.8 Å². The normalized spacial score (nSPS) is 15.1. The van der Waals surface area contributed by atoms with Crippen LogP contribution in [0.1, 0.15) is 26.7 Å². The number of amides is 3. The van der Waals surface area contributed by atoms with Crippen LogP contribution in [0.3, 0.4) is 0 Å². The van der Waals surface area contributed by atoms with Crippen molar-refractivity contribution in [1.29, 1.82) is 0 Å². The van der Waals surface area contributed by atoms with E-state index >= 15 is 0 Å². The molecule has 0 saturated heterocycles. The van der Waals surface area contributed by atoms with Crippen molar-refractivity contribution in [1.82, 2.24) is 16.0 Å². The van der Waals surface area contributed by atoms with E-state index in [0.29, 0.717) is 12.2 Å². The number of carboxylic acid groups (broad SMARTS) is 1. The second-order valence-corrected chi connectivity index (χ2v) is 8.26. The maximum absolute atomic E-state index is 12.4. The number of aliphatic hydroxyl groups is 1. The van der Waals surface area contributed by atoms with Gasteiger partial charge in [-0.25, -0.2) is 4.79 Å². The van der Waals surface area contributed by atoms with Crippen LogP contribution >= 0.6 is 24.4 Å². The van der Waals surface area contributed by atoms with E-state index in [1.165, 1.54) is 11.8 Å². The van der Waals surface area contributed by atoms with Gasteiger partial charge < -0.3 is 31.9 Å². The molecule has 0 saturated carbocycles. The summed E-state index contributed by atoms with van der Waals surface area (Å²) in [5.74, 6) is -2.68. The minimum atomic E-state index is -1.37. The number of nitrogens with one attached hydrogen (secondary N) is 3. The van der Waals surface area contributed by atoms with Gasteiger partial charge in [-0.2, -0.15) is 24.4 Å². The van der Waals surface area contributed by atoms with Crippen molar-refractivity contribution in [2.45, 2.75) is 50.9 Å². The van der Waals surface area contributed by atoms with E-state index in [9.17, 15) is 29.4 Å². The molecule has 0 fully saturated rings. The third-order valence-corrected chi connectivity index (χ3v) is 4.93. The summed E-state index contributed by atoms with van der Waals surface area (Å²) in [6.45, 7) is 3.07. The van der Waals surface area contributed by atoms with Crippen molar-refractivity contribution in [3.05, 3.63) is 0 Å². The highest BCUT2D eigenvalue weighted by Gasteiger charge is 2.29. The molecule has 0 aliphatic heterocycles. The summed E-state index contributed by atoms with van der Waals surface area (Å²) >= 11 is 5.46. The third kappa shape index (κ3) is 10.7. The van der Waals surface area contributed by atoms with Crippen molar-refractivity contribution in [3.63, 3.8) is 0 Å². The lowest BCUT2D eigenvalue weighted by Crippen LogP contribution is -2.58. The van der Waals surface area contributed by atoms with Gasteiger partial charge in [-0.15, -0.1) is 0 Å². The molecule has 4 unspecified atom stereocenters. The molecule has 0 spiro atoms. The lowest BCUT2D eigenvalue weighted by Gasteiger charge is -2.23. The quantitative estimate of drug-likeness (QED) is 0.157. The molecule has 0 radical (unpaired) electrons. The number of aliphatic hydroxyl groups excluding tert-OH is 1. The zero-order chi connectivity index (χ0) is 22.6. The predicted octanol–water partition coefficient (Wildman–Crippen LogP) is -1.43. The van der Waals surface area contributed by atoms with Gasteiger partial charge in [0, 0.05) is 5.75 Å². The molecule has 7 N–H and O–H groups in total. The number of carbonyl (C=O) groups is 4. The SMILES string of the molecule is CSCCC(NC(=O)C(CO)NC(=O)C(CS)NC(=O)C(N)CC(C)C)C(=O)O. The largest absolute Gasteiger partial charge is 0.480 e. The van der Waals surface area contributed by atoms with Crippen molar-refractivity contribution in [2.75, 3.05) is 24.4 Å². The van der Waals surface area contributed by atoms with Gasteiger partial charge >= 0.3 is 5.97 Å². The summed E-state index contributed by atoms with van der Waals surface area (Å²) in [4.78, 5) is 48.0. The number of carbonyl (C=O) groups excluding carboxylic acids is 3. The van der Waals surface area contributed by atoms with E-state index in [2.05, 4.69) is 28.6 Å². The Morgan fingerprint density at radius 2 is 1.52 bits per heavy atom. The average molecular weight is 453 g/mol. The lowest BCUT2D eigenvalue weighted by atomic mass is 10.0. The highest BCUT2D eigenvalue weighted by molar-refractivity contribution is 7.98. The number of aliphatic carboxylic acids is 1. The van der Waals surface area contributed by atoms with Crippen LogP contribution in [0.2, 0.25) is 0 Å². The van der Waals surface area contributed by atoms with Gasteiger partial charge in [0.25, 0.3) is 0 Å². The number of rotatable bonds is 14. The van der Waals surface area contributed by atoms with Gasteiger partial charge in [-0.05, 0) is 30.8 Å². The maximum atomic E-state index is 12.4. The summed E-state index contributed by atoms with van der Waals surface area (Å²) in [5, 5.41) is 25.7. The van der Waals surface area contributed by atoms with Crippen LogP contribution in [0.5, 0.6) is 0 Å². The molecule has 168 valence electrons. The fourth-order valence-corrected chi connectivity index (χ4v) is 3.05. The number of hydrogen-bond acceptors (Lipinski definition) is 8. The highest BCUT2D eigenvalue weighted by Crippen LogP contribution is 2.04. The molecule has 12 heteroatoms. The average Bonchev–Trinajstić information content (AvgIpc) is 2.65. The first-order valence-electron chi connectivity index (χ1n) is 9.17. The van der Waals surface area contributed by atoms with Gasteiger partial charge in [0.2, 0.25) is 17.7 Å². The van der Waals surface area contributed by atoms with Gasteiger partial charge in [0.1, 0.15) is 18.1 Å². The smallest absolute Gasteiger partial charge is 0.326 e. The second-order valence-electron chi connectivity index (χ2n) is 6.90. The van der Waals surface area contributed by atoms with E-state index < -0.39 is 54.5 Å². The Labute approximate surface area is 180 Å². The first kappa shape index (κ1) is 27.5. The Bertz CT molecular complexity index is 564. The van der Waals surface area contributed by atoms with E-state index in [0.717, 1.165) is 0 Å². The fourth-order valence-electron chi connectivity index (χ4n) is 2.32. The van der Waals surface area contributed by atoms with Crippen molar-refractivity contribution in [3.8, 4) is 0 Å². The number of hydrogen-bond donors (Lipinski definition) is 7. The fraction of sp³-hybridized carbons (Fsp3) is 0.765. The molecule has 0 aromatic rings. The molecule has 3 amide bonds. The van der Waals surface area contributed by atoms with Crippen LogP contribution in [0.15, 0.2) is 0 Å². The Morgan fingerprint density at radius 1 is 1.00 bits per heavy atom. The standard InChI is InChI=1S/C17H32N4O6S2/c1-9(2)6-10(18)14(23)21-13(8-28)16(25)20-12(7-22)15(24)19-11(17(26)27)4-5-29-3/h9-13,22,28H,4-8,18H2,1-3H3,(H,19,24)(H,20,25)(H,21,23)(H,26,27). The van der Waals surface area contributed by atoms with Crippen molar-refractivity contribution >= 4 is 48.1 Å². The van der Waals surface area contributed by atoms with Gasteiger partial charge in [-0.3, -0.25) is 14.4 Å². The Balaban J connectivity index is 4.93. The van der Waals surface area contributed by atoms with Crippen LogP contribution in [0.4, 0.5) is 0 Å². The van der Waals surface area contributed by atoms with E-state index in [1.54, 1.807) is 6.26 Å². The minimum absolute atomic E-state index is 0.0583. The molecule has 0 bridgehead atoms. The van der Waals surface area contributed by atoms with Crippen LogP contribution in [0, 0.1) is 5.92 Å². The van der Waals surface area contributed by atoms with Crippen LogP contribution < -0.4 is 21.7 Å². The third-order valence-electron chi connectivity index (χ3n) is 3.92. The summed E-state index contributed by atoms with van der Waals surface area (Å²) in [6, 6.07) is -4.38. The summed E-state index contributed by atoms with van der Waals surface area (Å²) in [5.41, 5.74) is 5.79. The molecule has 0 aromatic carbocycles. The van der Waals surface area contributed by atoms with E-state index in [1.807, 2.05) is 13.8 Å². The molecule has 4 atom stereocenters. The van der Waals surface area contributed by atoms with Crippen LogP contribution in [-0.2, 0) is 19.2 Å². The predicted molar refractivity (Wildman–Crippen MR) is 115 cm³/mol. The van der Waals surface area contributed by atoms with Crippen LogP contribution in [-0.4, -0.2) is 82.4 Å². The maximum Gasteiger partial charge on any atom is 0.326 e. The molecule has 0 rings (SSSR count). The molecular formula is C17H32N4O6S2. The first-order chi connectivity index (χ1) is 13.6. The van der Waals surface area contributed by atoms with Gasteiger partial charge in [0.05, 0.1) is 12.6 Å². The molecular weight excluding hydrogens is 420 g/mol. The molecule has 0 aliphatic carbocycles. The van der Waals surface area contributed by atoms with Crippen LogP contribution in [0.25, 0.3) is 0 Å². The van der Waals surface area contributed by atoms with Gasteiger partial charge in [0.15, 0.2) is 0 Å². The molecule has 0 heterocycles. The Hall–Kier alpha value is -1.50. The number of thiol groups is 1. The van der Waals surface area contributed by atoms with Crippen molar-refractivity contribution in [2.24, 2.45) is 11.7 Å². The summed E-state index contributed by atoms with van der Waals surface area (Å²) in [6.07, 6.45) is 2.43. The summed E-state index contributed by atoms with van der Waals surface area (Å²) < 4.78 is 0. The zero-order valence-corrected chi connectivity index (χ0v) is 18.6. The first-order valence-corrected chi connectivity index (χ1v) is 11.2. The number of thioether (sulfide) groups is 1. The summed E-state index contributed by atoms with van der Waals surface area (Å²) in [7, 11) is 0. The second kappa shape index (κ2) is 14.5. The van der Waals surface area contributed by atoms with E-state index in [-0.39, 0.29) is 18.1 Å². The zero-order valence-electron chi connectivity index (χ0n) is 16.9. The topological polar surface area (TPSA) is 171 Å². The highest BCUT2D eigenvalue weighted by atomic mass is 32.2. The lowest BCUT2D eigenvalue weighted by molar-refractivity contribution is -0.142. The molecule has 29 heavy (non-hydrogen) atoms. The molecule has 0 aromatic heterocycles. The van der Waals surface area contributed by atoms with E-state index in [4.69, 9.17) is 5.73 Å². The molecule has 0 aliphatic rings. The Morgan fingerprint density at radius 3 is 1.97 bits per heavy atom. The number of carboxylic acids is 1. The monoisotopic (exact) mass is 452 g/mol. The molecule has 10 nitrogen and oxygen atoms in total. The van der Waals surface area contributed by atoms with Crippen molar-refractivity contribution < 1.29 is 29.4 Å².